The lowest BCUT2D eigenvalue weighted by Crippen LogP contribution is -2.66. The molecule has 0 radical (unpaired) electrons. The fourth-order valence-corrected chi connectivity index (χ4v) is 10.1. The third-order valence-electron chi connectivity index (χ3n) is 8.80. The molecule has 2 saturated heterocycles. The smallest absolute Gasteiger partial charge is 0.331 e. The minimum Gasteiger partial charge on any atom is -0.463 e. The fourth-order valence-electron chi connectivity index (χ4n) is 6.76. The summed E-state index contributed by atoms with van der Waals surface area (Å²) in [5.74, 6) is -2.75. The average molecular weight is 823 g/mol. The summed E-state index contributed by atoms with van der Waals surface area (Å²) in [6, 6.07) is -2.12. The minimum atomic E-state index is -4.45. The predicted molar refractivity (Wildman–Crippen MR) is 193 cm³/mol. The maximum absolute atomic E-state index is 15.5. The zero-order valence-electron chi connectivity index (χ0n) is 33.1. The Morgan fingerprint density at radius 1 is 0.982 bits per heavy atom. The molecule has 2 aliphatic rings. The van der Waals surface area contributed by atoms with Crippen molar-refractivity contribution in [2.24, 2.45) is 0 Å². The minimum absolute atomic E-state index is 0.0894. The molecule has 0 saturated carbocycles. The van der Waals surface area contributed by atoms with Crippen LogP contribution in [-0.2, 0) is 66.9 Å². The van der Waals surface area contributed by atoms with Crippen LogP contribution in [0.15, 0.2) is 15.8 Å². The second-order valence-electron chi connectivity index (χ2n) is 13.9. The molecule has 56 heavy (non-hydrogen) atoms. The summed E-state index contributed by atoms with van der Waals surface area (Å²) >= 11 is 0. The van der Waals surface area contributed by atoms with Crippen molar-refractivity contribution in [3.63, 3.8) is 0 Å². The van der Waals surface area contributed by atoms with Crippen molar-refractivity contribution in [1.29, 1.82) is 0 Å². The van der Waals surface area contributed by atoms with Crippen LogP contribution in [0.5, 0.6) is 0 Å². The summed E-state index contributed by atoms with van der Waals surface area (Å²) in [5, 5.41) is 23.6. The van der Waals surface area contributed by atoms with Crippen LogP contribution in [-0.4, -0.2) is 143 Å². The largest absolute Gasteiger partial charge is 0.463 e. The predicted octanol–water partition coefficient (Wildman–Crippen LogP) is -0.385. The van der Waals surface area contributed by atoms with E-state index in [1.807, 2.05) is 0 Å². The van der Waals surface area contributed by atoms with Gasteiger partial charge in [-0.1, -0.05) is 0 Å². The zero-order valence-corrected chi connectivity index (χ0v) is 34.0. The Hall–Kier alpha value is -3.53. The lowest BCUT2D eigenvalue weighted by molar-refractivity contribution is -0.279. The van der Waals surface area contributed by atoms with E-state index in [1.54, 1.807) is 27.7 Å². The topological polar surface area (TPSA) is 270 Å². The summed E-state index contributed by atoms with van der Waals surface area (Å²) in [4.78, 5) is 75.8. The third kappa shape index (κ3) is 11.1. The molecular formula is C34H55N4O17P. The highest BCUT2D eigenvalue weighted by molar-refractivity contribution is 7.57. The monoisotopic (exact) mass is 822 g/mol. The van der Waals surface area contributed by atoms with E-state index in [0.717, 1.165) is 25.3 Å². The van der Waals surface area contributed by atoms with Gasteiger partial charge < -0.3 is 53.2 Å². The van der Waals surface area contributed by atoms with E-state index in [9.17, 15) is 39.0 Å². The molecular weight excluding hydrogens is 767 g/mol. The highest BCUT2D eigenvalue weighted by atomic mass is 31.2. The van der Waals surface area contributed by atoms with Gasteiger partial charge in [-0.15, -0.1) is 0 Å². The van der Waals surface area contributed by atoms with Crippen LogP contribution in [0.4, 0.5) is 0 Å². The number of carbonyl (C=O) groups is 4. The first-order valence-electron chi connectivity index (χ1n) is 18.1. The van der Waals surface area contributed by atoms with Gasteiger partial charge in [-0.3, -0.25) is 38.1 Å². The van der Waals surface area contributed by atoms with Crippen molar-refractivity contribution in [3.05, 3.63) is 32.6 Å². The van der Waals surface area contributed by atoms with Crippen molar-refractivity contribution in [1.82, 2.24) is 19.5 Å². The second kappa shape index (κ2) is 20.2. The van der Waals surface area contributed by atoms with E-state index in [1.165, 1.54) is 24.7 Å². The van der Waals surface area contributed by atoms with Crippen LogP contribution in [0.25, 0.3) is 0 Å². The SMILES string of the molecule is CC(=O)N[C@H]1[C@H](OCCOCCOP(=O)(N(C(C)C)C(C)C)[C@]2(n3cc(C)c(=O)[nH]c3=O)C[C@H](O)[C@@H](CO)O2)O[C@H](COC(C)=O)[C@H](OC(C)=O)[C@@H]1OC(C)=O. The van der Waals surface area contributed by atoms with Crippen LogP contribution in [0.3, 0.4) is 0 Å². The Kier molecular flexibility index (Phi) is 16.9. The molecule has 1 aromatic rings. The van der Waals surface area contributed by atoms with Crippen molar-refractivity contribution in [2.45, 2.75) is 129 Å². The molecule has 9 atom stereocenters. The van der Waals surface area contributed by atoms with Gasteiger partial charge in [0.05, 0.1) is 39.1 Å². The Morgan fingerprint density at radius 3 is 2.12 bits per heavy atom. The van der Waals surface area contributed by atoms with Gasteiger partial charge in [-0.25, -0.2) is 9.46 Å². The van der Waals surface area contributed by atoms with E-state index in [4.69, 9.17) is 37.7 Å². The molecule has 0 spiro atoms. The van der Waals surface area contributed by atoms with Gasteiger partial charge in [0.15, 0.2) is 18.5 Å². The van der Waals surface area contributed by atoms with Gasteiger partial charge >= 0.3 is 31.1 Å². The molecule has 4 N–H and O–H groups in total. The van der Waals surface area contributed by atoms with E-state index < -0.39 is 123 Å². The molecule has 1 unspecified atom stereocenters. The summed E-state index contributed by atoms with van der Waals surface area (Å²) < 4.78 is 63.8. The molecule has 3 rings (SSSR count). The number of ether oxygens (including phenoxy) is 7. The van der Waals surface area contributed by atoms with Crippen molar-refractivity contribution in [3.8, 4) is 0 Å². The molecule has 1 amide bonds. The highest BCUT2D eigenvalue weighted by Gasteiger charge is 2.64. The first-order chi connectivity index (χ1) is 26.2. The summed E-state index contributed by atoms with van der Waals surface area (Å²) in [6.07, 6.45) is -7.00. The summed E-state index contributed by atoms with van der Waals surface area (Å²) in [5.41, 5.74) is -3.75. The molecule has 21 nitrogen and oxygen atoms in total. The molecule has 2 fully saturated rings. The summed E-state index contributed by atoms with van der Waals surface area (Å²) in [7, 11) is -4.45. The standard InChI is InChI=1S/C34H55N4O17P/c1-18(2)38(19(3)4)56(47,34(14-25(44)26(16-39)55-34)37-15-20(5)31(45)36-33(37)46)51-13-11-48-10-12-49-32-28(35-21(6)40)30(53-24(9)43)29(52-23(8)42)27(54-32)17-50-22(7)41/h15,18-19,25-30,32,39,44H,10-14,16-17H2,1-9H3,(H,35,40)(H,36,45,46)/t25-,26+,27+,28+,29-,30+,32+,34-,56?/m0/s1. The van der Waals surface area contributed by atoms with E-state index in [2.05, 4.69) is 10.3 Å². The number of carbonyl (C=O) groups excluding carboxylic acids is 4. The number of hydrogen-bond donors (Lipinski definition) is 4. The average Bonchev–Trinajstić information content (AvgIpc) is 3.43. The van der Waals surface area contributed by atoms with Crippen LogP contribution in [0.2, 0.25) is 0 Å². The van der Waals surface area contributed by atoms with Crippen LogP contribution in [0.1, 0.15) is 67.4 Å². The number of nitrogens with zero attached hydrogens (tertiary/aromatic N) is 2. The fraction of sp³-hybridized carbons (Fsp3) is 0.765. The number of aryl methyl sites for hydroxylation is 1. The van der Waals surface area contributed by atoms with Gasteiger partial charge in [-0.2, -0.15) is 0 Å². The number of aliphatic hydroxyl groups is 2. The number of esters is 3. The maximum Gasteiger partial charge on any atom is 0.331 e. The van der Waals surface area contributed by atoms with E-state index in [-0.39, 0.29) is 32.0 Å². The maximum atomic E-state index is 15.5. The first-order valence-corrected chi connectivity index (χ1v) is 19.7. The molecule has 22 heteroatoms. The van der Waals surface area contributed by atoms with Gasteiger partial charge in [0.1, 0.15) is 24.9 Å². The molecule has 2 aliphatic heterocycles. The number of aromatic amines is 1. The Labute approximate surface area is 323 Å². The quantitative estimate of drug-likeness (QED) is 0.0599. The van der Waals surface area contributed by atoms with Crippen LogP contribution in [0, 0.1) is 6.92 Å². The number of amides is 1. The van der Waals surface area contributed by atoms with Crippen LogP contribution >= 0.6 is 7.52 Å². The van der Waals surface area contributed by atoms with Gasteiger partial charge in [-0.05, 0) is 34.6 Å². The van der Waals surface area contributed by atoms with Crippen molar-refractivity contribution >= 4 is 31.3 Å². The van der Waals surface area contributed by atoms with Crippen molar-refractivity contribution < 1.29 is 71.6 Å². The third-order valence-corrected chi connectivity index (χ3v) is 12.3. The van der Waals surface area contributed by atoms with Gasteiger partial charge in [0.2, 0.25) is 11.4 Å². The molecule has 0 aliphatic carbocycles. The lowest BCUT2D eigenvalue weighted by Gasteiger charge is -2.46. The number of hydrogen-bond acceptors (Lipinski definition) is 17. The van der Waals surface area contributed by atoms with Gasteiger partial charge in [0.25, 0.3) is 5.56 Å². The normalized spacial score (nSPS) is 27.6. The van der Waals surface area contributed by atoms with E-state index in [0.29, 0.717) is 0 Å². The number of rotatable bonds is 19. The number of aromatic nitrogens is 2. The molecule has 0 bridgehead atoms. The zero-order chi connectivity index (χ0) is 42.1. The molecule has 3 heterocycles. The van der Waals surface area contributed by atoms with Crippen LogP contribution < -0.4 is 16.6 Å². The molecule has 1 aromatic heterocycles. The molecule has 318 valence electrons. The Morgan fingerprint density at radius 2 is 1.59 bits per heavy atom. The van der Waals surface area contributed by atoms with E-state index >= 15 is 4.57 Å². The number of H-pyrrole nitrogens is 1. The van der Waals surface area contributed by atoms with Crippen molar-refractivity contribution in [2.75, 3.05) is 39.6 Å². The Bertz CT molecular complexity index is 1690. The molecule has 0 aromatic carbocycles. The first kappa shape index (κ1) is 46.8. The Balaban J connectivity index is 1.84. The number of nitrogens with one attached hydrogen (secondary N) is 2. The second-order valence-corrected chi connectivity index (χ2v) is 16.4. The number of aliphatic hydroxyl groups excluding tert-OH is 2. The van der Waals surface area contributed by atoms with Gasteiger partial charge in [0, 0.05) is 58.0 Å². The highest BCUT2D eigenvalue weighted by Crippen LogP contribution is 2.69. The summed E-state index contributed by atoms with van der Waals surface area (Å²) in [6.45, 7) is 11.1. The lowest BCUT2D eigenvalue weighted by atomic mass is 9.96.